The molecule has 2 amide bonds. The van der Waals surface area contributed by atoms with Crippen LogP contribution in [-0.2, 0) is 20.7 Å². The van der Waals surface area contributed by atoms with Gasteiger partial charge in [-0.1, -0.05) is 36.4 Å². The predicted molar refractivity (Wildman–Crippen MR) is 116 cm³/mol. The highest BCUT2D eigenvalue weighted by molar-refractivity contribution is 5.85. The number of ether oxygens (including phenoxy) is 2. The number of benzene rings is 2. The number of hydrogen-bond donors (Lipinski definition) is 1. The molecule has 1 heterocycles. The van der Waals surface area contributed by atoms with E-state index in [9.17, 15) is 9.59 Å². The van der Waals surface area contributed by atoms with Crippen LogP contribution in [0.3, 0.4) is 0 Å². The quantitative estimate of drug-likeness (QED) is 0.762. The van der Waals surface area contributed by atoms with Crippen molar-refractivity contribution in [3.8, 4) is 16.9 Å². The lowest BCUT2D eigenvalue weighted by atomic mass is 9.74. The van der Waals surface area contributed by atoms with Crippen molar-refractivity contribution >= 4 is 11.8 Å². The third-order valence-corrected chi connectivity index (χ3v) is 5.83. The lowest BCUT2D eigenvalue weighted by Gasteiger charge is -2.41. The van der Waals surface area contributed by atoms with E-state index in [2.05, 4.69) is 29.6 Å². The number of likely N-dealkylation sites (tertiary alicyclic amines) is 1. The van der Waals surface area contributed by atoms with Crippen molar-refractivity contribution in [2.45, 2.75) is 19.3 Å². The Balaban J connectivity index is 1.79. The van der Waals surface area contributed by atoms with Gasteiger partial charge in [0, 0.05) is 27.2 Å². The van der Waals surface area contributed by atoms with Crippen LogP contribution in [0.25, 0.3) is 11.1 Å². The van der Waals surface area contributed by atoms with Crippen molar-refractivity contribution in [3.05, 3.63) is 54.1 Å². The number of nitrogens with one attached hydrogen (secondary N) is 1. The molecule has 2 aromatic rings. The van der Waals surface area contributed by atoms with Crippen molar-refractivity contribution in [2.24, 2.45) is 5.41 Å². The summed E-state index contributed by atoms with van der Waals surface area (Å²) in [6, 6.07) is 16.2. The summed E-state index contributed by atoms with van der Waals surface area (Å²) in [7, 11) is 4.83. The second kappa shape index (κ2) is 9.76. The second-order valence-electron chi connectivity index (χ2n) is 7.81. The Morgan fingerprint density at radius 2 is 1.67 bits per heavy atom. The molecule has 30 heavy (non-hydrogen) atoms. The third kappa shape index (κ3) is 4.82. The van der Waals surface area contributed by atoms with Crippen LogP contribution in [0.2, 0.25) is 0 Å². The van der Waals surface area contributed by atoms with Crippen LogP contribution in [0.1, 0.15) is 18.4 Å². The maximum Gasteiger partial charge on any atom is 0.248 e. The van der Waals surface area contributed by atoms with E-state index in [4.69, 9.17) is 9.47 Å². The van der Waals surface area contributed by atoms with Gasteiger partial charge in [0.05, 0.1) is 12.5 Å². The highest BCUT2D eigenvalue weighted by atomic mass is 16.5. The van der Waals surface area contributed by atoms with Gasteiger partial charge in [0.2, 0.25) is 11.8 Å². The standard InChI is InChI=1S/C24H30N2O4/c1-25-23(28)24(13-4-14-26(17-24)22(27)16-29-2)15-18-5-7-19(8-6-18)20-9-11-21(30-3)12-10-20/h5-12H,4,13-17H2,1-3H3,(H,25,28). The molecular formula is C24H30N2O4. The van der Waals surface area contributed by atoms with Crippen LogP contribution >= 0.6 is 0 Å². The summed E-state index contributed by atoms with van der Waals surface area (Å²) < 4.78 is 10.2. The second-order valence-corrected chi connectivity index (χ2v) is 7.81. The zero-order valence-electron chi connectivity index (χ0n) is 17.9. The minimum Gasteiger partial charge on any atom is -0.497 e. The van der Waals surface area contributed by atoms with Crippen LogP contribution in [0.4, 0.5) is 0 Å². The lowest BCUT2D eigenvalue weighted by Crippen LogP contribution is -2.54. The van der Waals surface area contributed by atoms with Gasteiger partial charge >= 0.3 is 0 Å². The van der Waals surface area contributed by atoms with Crippen LogP contribution in [-0.4, -0.2) is 57.7 Å². The maximum absolute atomic E-state index is 12.9. The Labute approximate surface area is 178 Å². The van der Waals surface area contributed by atoms with Gasteiger partial charge in [0.15, 0.2) is 0 Å². The summed E-state index contributed by atoms with van der Waals surface area (Å²) >= 11 is 0. The summed E-state index contributed by atoms with van der Waals surface area (Å²) in [5.74, 6) is 0.741. The molecule has 1 aliphatic heterocycles. The molecule has 2 aromatic carbocycles. The molecule has 0 radical (unpaired) electrons. The third-order valence-electron chi connectivity index (χ3n) is 5.83. The first kappa shape index (κ1) is 21.8. The summed E-state index contributed by atoms with van der Waals surface area (Å²) in [5, 5.41) is 2.82. The average Bonchev–Trinajstić information content (AvgIpc) is 2.79. The Morgan fingerprint density at radius 3 is 2.23 bits per heavy atom. The normalized spacial score (nSPS) is 18.7. The molecule has 1 unspecified atom stereocenters. The zero-order chi connectivity index (χ0) is 21.6. The van der Waals surface area contributed by atoms with Crippen LogP contribution in [0, 0.1) is 5.41 Å². The van der Waals surface area contributed by atoms with Gasteiger partial charge in [-0.05, 0) is 48.1 Å². The molecule has 0 bridgehead atoms. The molecule has 1 aliphatic rings. The molecule has 0 aliphatic carbocycles. The fourth-order valence-corrected chi connectivity index (χ4v) is 4.22. The Kier molecular flexibility index (Phi) is 7.11. The van der Waals surface area contributed by atoms with Crippen LogP contribution in [0.15, 0.2) is 48.5 Å². The summed E-state index contributed by atoms with van der Waals surface area (Å²) in [4.78, 5) is 27.0. The van der Waals surface area contributed by atoms with E-state index in [0.717, 1.165) is 35.3 Å². The van der Waals surface area contributed by atoms with Crippen molar-refractivity contribution in [3.63, 3.8) is 0 Å². The largest absolute Gasteiger partial charge is 0.497 e. The molecule has 0 saturated carbocycles. The van der Waals surface area contributed by atoms with E-state index in [1.165, 1.54) is 7.11 Å². The lowest BCUT2D eigenvalue weighted by molar-refractivity contribution is -0.143. The van der Waals surface area contributed by atoms with Crippen molar-refractivity contribution < 1.29 is 19.1 Å². The molecule has 3 rings (SSSR count). The minimum atomic E-state index is -0.627. The highest BCUT2D eigenvalue weighted by Gasteiger charge is 2.42. The Bertz CT molecular complexity index is 864. The number of piperidine rings is 1. The maximum atomic E-state index is 12.9. The SMILES string of the molecule is CNC(=O)C1(Cc2ccc(-c3ccc(OC)cc3)cc2)CCCN(C(=O)COC)C1. The van der Waals surface area contributed by atoms with Gasteiger partial charge < -0.3 is 19.7 Å². The first-order chi connectivity index (χ1) is 14.5. The van der Waals surface area contributed by atoms with Gasteiger partial charge in [-0.3, -0.25) is 9.59 Å². The minimum absolute atomic E-state index is 0.0170. The number of rotatable bonds is 7. The van der Waals surface area contributed by atoms with Gasteiger partial charge in [-0.15, -0.1) is 0 Å². The molecule has 1 fully saturated rings. The number of carbonyl (C=O) groups excluding carboxylic acids is 2. The van der Waals surface area contributed by atoms with Crippen LogP contribution in [0.5, 0.6) is 5.75 Å². The van der Waals surface area contributed by atoms with Gasteiger partial charge in [0.1, 0.15) is 12.4 Å². The fourth-order valence-electron chi connectivity index (χ4n) is 4.22. The Morgan fingerprint density at radius 1 is 1.03 bits per heavy atom. The molecule has 0 spiro atoms. The Hall–Kier alpha value is -2.86. The van der Waals surface area contributed by atoms with E-state index >= 15 is 0 Å². The molecule has 0 aromatic heterocycles. The van der Waals surface area contributed by atoms with Crippen molar-refractivity contribution in [1.29, 1.82) is 0 Å². The number of amides is 2. The molecule has 160 valence electrons. The topological polar surface area (TPSA) is 67.9 Å². The zero-order valence-corrected chi connectivity index (χ0v) is 17.9. The molecular weight excluding hydrogens is 380 g/mol. The van der Waals surface area contributed by atoms with Gasteiger partial charge in [-0.2, -0.15) is 0 Å². The fraction of sp³-hybridized carbons (Fsp3) is 0.417. The first-order valence-electron chi connectivity index (χ1n) is 10.2. The number of nitrogens with zero attached hydrogens (tertiary/aromatic N) is 1. The molecule has 6 nitrogen and oxygen atoms in total. The van der Waals surface area contributed by atoms with E-state index in [-0.39, 0.29) is 18.4 Å². The van der Waals surface area contributed by atoms with Crippen molar-refractivity contribution in [2.75, 3.05) is 41.0 Å². The average molecular weight is 411 g/mol. The van der Waals surface area contributed by atoms with Crippen LogP contribution < -0.4 is 10.1 Å². The van der Waals surface area contributed by atoms with Crippen molar-refractivity contribution in [1.82, 2.24) is 10.2 Å². The summed E-state index contributed by atoms with van der Waals surface area (Å²) in [5.41, 5.74) is 2.67. The summed E-state index contributed by atoms with van der Waals surface area (Å²) in [6.45, 7) is 1.12. The summed E-state index contributed by atoms with van der Waals surface area (Å²) in [6.07, 6.45) is 2.14. The number of carbonyl (C=O) groups is 2. The smallest absolute Gasteiger partial charge is 0.248 e. The highest BCUT2D eigenvalue weighted by Crippen LogP contribution is 2.35. The molecule has 1 atom stereocenters. The molecule has 6 heteroatoms. The number of hydrogen-bond acceptors (Lipinski definition) is 4. The van der Waals surface area contributed by atoms with E-state index in [1.54, 1.807) is 19.1 Å². The van der Waals surface area contributed by atoms with E-state index in [1.807, 2.05) is 24.3 Å². The predicted octanol–water partition coefficient (Wildman–Crippen LogP) is 2.91. The molecule has 1 saturated heterocycles. The monoisotopic (exact) mass is 410 g/mol. The first-order valence-corrected chi connectivity index (χ1v) is 10.2. The van der Waals surface area contributed by atoms with Gasteiger partial charge in [0.25, 0.3) is 0 Å². The molecule has 1 N–H and O–H groups in total. The van der Waals surface area contributed by atoms with E-state index in [0.29, 0.717) is 19.5 Å². The van der Waals surface area contributed by atoms with Gasteiger partial charge in [-0.25, -0.2) is 0 Å². The van der Waals surface area contributed by atoms with E-state index < -0.39 is 5.41 Å². The number of methoxy groups -OCH3 is 2.